The van der Waals surface area contributed by atoms with E-state index in [-0.39, 0.29) is 17.6 Å². The molecule has 6 heteroatoms. The predicted octanol–water partition coefficient (Wildman–Crippen LogP) is 3.89. The third kappa shape index (κ3) is 6.01. The molecule has 6 nitrogen and oxygen atoms in total. The molecule has 0 spiro atoms. The van der Waals surface area contributed by atoms with Crippen molar-refractivity contribution in [1.82, 2.24) is 10.2 Å². The molecule has 4 rings (SSSR count). The van der Waals surface area contributed by atoms with Gasteiger partial charge >= 0.3 is 0 Å². The molecule has 178 valence electrons. The number of benzene rings is 3. The molecule has 1 heterocycles. The number of hydrogen-bond donors (Lipinski definition) is 2. The highest BCUT2D eigenvalue weighted by Gasteiger charge is 2.23. The first-order valence-electron chi connectivity index (χ1n) is 11.9. The summed E-state index contributed by atoms with van der Waals surface area (Å²) in [7, 11) is 0. The molecule has 2 amide bonds. The van der Waals surface area contributed by atoms with Crippen molar-refractivity contribution in [2.24, 2.45) is 0 Å². The SMILES string of the molecule is CCCNC(=O)c1ccc(N2CCN(C(=O)c3ccccc3C#Cc3cccc(O)c3)CC2)cc1. The summed E-state index contributed by atoms with van der Waals surface area (Å²) in [6.45, 7) is 5.32. The third-order valence-electron chi connectivity index (χ3n) is 5.94. The summed E-state index contributed by atoms with van der Waals surface area (Å²) in [4.78, 5) is 29.5. The molecule has 1 aliphatic rings. The zero-order valence-electron chi connectivity index (χ0n) is 19.8. The Morgan fingerprint density at radius 1 is 0.914 bits per heavy atom. The second-order valence-electron chi connectivity index (χ2n) is 8.43. The zero-order chi connectivity index (χ0) is 24.6. The van der Waals surface area contributed by atoms with Crippen LogP contribution in [-0.4, -0.2) is 54.5 Å². The van der Waals surface area contributed by atoms with E-state index in [2.05, 4.69) is 22.1 Å². The molecule has 0 aliphatic carbocycles. The maximum atomic E-state index is 13.3. The van der Waals surface area contributed by atoms with E-state index in [1.807, 2.05) is 66.4 Å². The third-order valence-corrected chi connectivity index (χ3v) is 5.94. The maximum absolute atomic E-state index is 13.3. The number of piperazine rings is 1. The fourth-order valence-corrected chi connectivity index (χ4v) is 4.00. The van der Waals surface area contributed by atoms with E-state index in [1.54, 1.807) is 18.2 Å². The Bertz CT molecular complexity index is 1250. The summed E-state index contributed by atoms with van der Waals surface area (Å²) < 4.78 is 0. The van der Waals surface area contributed by atoms with Gasteiger partial charge in [0.2, 0.25) is 0 Å². The van der Waals surface area contributed by atoms with Crippen LogP contribution in [0, 0.1) is 11.8 Å². The highest BCUT2D eigenvalue weighted by atomic mass is 16.3. The molecule has 3 aromatic rings. The monoisotopic (exact) mass is 467 g/mol. The van der Waals surface area contributed by atoms with E-state index in [0.717, 1.165) is 12.1 Å². The van der Waals surface area contributed by atoms with Gasteiger partial charge in [0.25, 0.3) is 11.8 Å². The van der Waals surface area contributed by atoms with Gasteiger partial charge in [-0.25, -0.2) is 0 Å². The van der Waals surface area contributed by atoms with Crippen LogP contribution < -0.4 is 10.2 Å². The van der Waals surface area contributed by atoms with Crippen LogP contribution in [0.1, 0.15) is 45.2 Å². The number of phenolic OH excluding ortho intramolecular Hbond substituents is 1. The molecule has 0 saturated carbocycles. The quantitative estimate of drug-likeness (QED) is 0.559. The first kappa shape index (κ1) is 23.9. The maximum Gasteiger partial charge on any atom is 0.255 e. The molecular formula is C29H29N3O3. The number of carbonyl (C=O) groups is 2. The Balaban J connectivity index is 1.40. The van der Waals surface area contributed by atoms with Gasteiger partial charge in [0, 0.05) is 55.1 Å². The van der Waals surface area contributed by atoms with Crippen LogP contribution in [-0.2, 0) is 0 Å². The normalized spacial score (nSPS) is 13.1. The number of nitrogens with zero attached hydrogens (tertiary/aromatic N) is 2. The van der Waals surface area contributed by atoms with E-state index in [4.69, 9.17) is 0 Å². The van der Waals surface area contributed by atoms with Crippen LogP contribution in [0.5, 0.6) is 5.75 Å². The first-order valence-corrected chi connectivity index (χ1v) is 11.9. The van der Waals surface area contributed by atoms with Crippen LogP contribution in [0.2, 0.25) is 0 Å². The fraction of sp³-hybridized carbons (Fsp3) is 0.241. The van der Waals surface area contributed by atoms with Gasteiger partial charge in [-0.2, -0.15) is 0 Å². The second-order valence-corrected chi connectivity index (χ2v) is 8.43. The highest BCUT2D eigenvalue weighted by molar-refractivity contribution is 5.97. The van der Waals surface area contributed by atoms with Gasteiger partial charge in [0.1, 0.15) is 5.75 Å². The Morgan fingerprint density at radius 2 is 1.66 bits per heavy atom. The summed E-state index contributed by atoms with van der Waals surface area (Å²) in [6.07, 6.45) is 0.904. The Kier molecular flexibility index (Phi) is 7.69. The smallest absolute Gasteiger partial charge is 0.255 e. The lowest BCUT2D eigenvalue weighted by Gasteiger charge is -2.36. The molecule has 2 N–H and O–H groups in total. The van der Waals surface area contributed by atoms with E-state index in [1.165, 1.54) is 0 Å². The summed E-state index contributed by atoms with van der Waals surface area (Å²) in [5.41, 5.74) is 3.63. The molecule has 0 radical (unpaired) electrons. The van der Waals surface area contributed by atoms with Gasteiger partial charge in [-0.3, -0.25) is 9.59 Å². The molecule has 35 heavy (non-hydrogen) atoms. The van der Waals surface area contributed by atoms with Crippen molar-refractivity contribution in [3.05, 3.63) is 95.1 Å². The van der Waals surface area contributed by atoms with E-state index in [0.29, 0.717) is 55.0 Å². The van der Waals surface area contributed by atoms with Crippen LogP contribution in [0.3, 0.4) is 0 Å². The van der Waals surface area contributed by atoms with Crippen molar-refractivity contribution in [2.45, 2.75) is 13.3 Å². The standard InChI is InChI=1S/C29H29N3O3/c1-2-16-30-28(34)24-12-14-25(15-13-24)31-17-19-32(20-18-31)29(35)27-9-4-3-7-23(27)11-10-22-6-5-8-26(33)21-22/h3-9,12-15,21,33H,2,16-20H2,1H3,(H,30,34). The van der Waals surface area contributed by atoms with Crippen LogP contribution >= 0.6 is 0 Å². The highest BCUT2D eigenvalue weighted by Crippen LogP contribution is 2.19. The summed E-state index contributed by atoms with van der Waals surface area (Å²) >= 11 is 0. The van der Waals surface area contributed by atoms with Crippen LogP contribution in [0.4, 0.5) is 5.69 Å². The summed E-state index contributed by atoms with van der Waals surface area (Å²) in [6, 6.07) is 21.7. The molecule has 0 aromatic heterocycles. The number of hydrogen-bond acceptors (Lipinski definition) is 4. The number of rotatable bonds is 5. The van der Waals surface area contributed by atoms with Gasteiger partial charge in [-0.1, -0.05) is 37.0 Å². The lowest BCUT2D eigenvalue weighted by Crippen LogP contribution is -2.49. The molecule has 1 fully saturated rings. The number of phenols is 1. The predicted molar refractivity (Wildman–Crippen MR) is 138 cm³/mol. The van der Waals surface area contributed by atoms with Crippen molar-refractivity contribution in [3.8, 4) is 17.6 Å². The van der Waals surface area contributed by atoms with Gasteiger partial charge in [-0.05, 0) is 61.0 Å². The van der Waals surface area contributed by atoms with Crippen LogP contribution in [0.25, 0.3) is 0 Å². The summed E-state index contributed by atoms with van der Waals surface area (Å²) in [5, 5.41) is 12.5. The van der Waals surface area contributed by atoms with Crippen molar-refractivity contribution < 1.29 is 14.7 Å². The minimum absolute atomic E-state index is 0.0339. The number of aromatic hydroxyl groups is 1. The zero-order valence-corrected chi connectivity index (χ0v) is 19.8. The van der Waals surface area contributed by atoms with E-state index in [9.17, 15) is 14.7 Å². The van der Waals surface area contributed by atoms with E-state index < -0.39 is 0 Å². The molecule has 0 atom stereocenters. The molecular weight excluding hydrogens is 438 g/mol. The van der Waals surface area contributed by atoms with Crippen molar-refractivity contribution in [3.63, 3.8) is 0 Å². The molecule has 3 aromatic carbocycles. The fourth-order valence-electron chi connectivity index (χ4n) is 4.00. The molecule has 0 bridgehead atoms. The van der Waals surface area contributed by atoms with Gasteiger partial charge in [0.15, 0.2) is 0 Å². The minimum Gasteiger partial charge on any atom is -0.508 e. The van der Waals surface area contributed by atoms with Crippen molar-refractivity contribution >= 4 is 17.5 Å². The number of amides is 2. The number of carbonyl (C=O) groups excluding carboxylic acids is 2. The largest absolute Gasteiger partial charge is 0.508 e. The average Bonchev–Trinajstić information content (AvgIpc) is 2.90. The first-order chi connectivity index (χ1) is 17.0. The van der Waals surface area contributed by atoms with Gasteiger partial charge < -0.3 is 20.2 Å². The number of nitrogens with one attached hydrogen (secondary N) is 1. The van der Waals surface area contributed by atoms with Crippen LogP contribution in [0.15, 0.2) is 72.8 Å². The lowest BCUT2D eigenvalue weighted by atomic mass is 10.1. The topological polar surface area (TPSA) is 72.9 Å². The second kappa shape index (κ2) is 11.3. The van der Waals surface area contributed by atoms with Crippen molar-refractivity contribution in [1.29, 1.82) is 0 Å². The molecule has 1 aliphatic heterocycles. The van der Waals surface area contributed by atoms with E-state index >= 15 is 0 Å². The Morgan fingerprint density at radius 3 is 2.37 bits per heavy atom. The molecule has 0 unspecified atom stereocenters. The van der Waals surface area contributed by atoms with Crippen molar-refractivity contribution in [2.75, 3.05) is 37.6 Å². The summed E-state index contributed by atoms with van der Waals surface area (Å²) in [5.74, 6) is 6.19. The number of anilines is 1. The van der Waals surface area contributed by atoms with Gasteiger partial charge in [0.05, 0.1) is 5.56 Å². The lowest BCUT2D eigenvalue weighted by molar-refractivity contribution is 0.0746. The molecule has 1 saturated heterocycles. The Labute approximate surface area is 206 Å². The Hall–Kier alpha value is -4.24. The minimum atomic E-state index is -0.0559. The average molecular weight is 468 g/mol. The van der Waals surface area contributed by atoms with Gasteiger partial charge in [-0.15, -0.1) is 0 Å².